The van der Waals surface area contributed by atoms with Gasteiger partial charge in [0, 0.05) is 0 Å². The first-order chi connectivity index (χ1) is 13.3. The van der Waals surface area contributed by atoms with Crippen molar-refractivity contribution >= 4 is 23.0 Å². The van der Waals surface area contributed by atoms with Crippen LogP contribution in [0.3, 0.4) is 0 Å². The van der Waals surface area contributed by atoms with Crippen molar-refractivity contribution in [3.05, 3.63) is 69.7 Å². The lowest BCUT2D eigenvalue weighted by Gasteiger charge is -2.15. The standard InChI is InChI=1S/C21H22N2O5/c1-13-8-9-16(10-14(13)2)15(3)22-19(24)12-27-20(25)11-23-17-6-4-5-7-18(17)28-21(23)26/h4-10,15H,11-12H2,1-3H3,(H,22,24)/t15-/m1/s1. The highest BCUT2D eigenvalue weighted by Gasteiger charge is 2.16. The highest BCUT2D eigenvalue weighted by atomic mass is 16.5. The number of amides is 1. The number of hydrogen-bond donors (Lipinski definition) is 1. The molecule has 7 heteroatoms. The fraction of sp³-hybridized carbons (Fsp3) is 0.286. The average Bonchev–Trinajstić information content (AvgIpc) is 2.97. The molecular weight excluding hydrogens is 360 g/mol. The van der Waals surface area contributed by atoms with Gasteiger partial charge in [0.2, 0.25) is 0 Å². The van der Waals surface area contributed by atoms with Crippen molar-refractivity contribution in [3.8, 4) is 0 Å². The number of carbonyl (C=O) groups excluding carboxylic acids is 2. The molecule has 0 radical (unpaired) electrons. The molecule has 0 aliphatic carbocycles. The first kappa shape index (κ1) is 19.4. The van der Waals surface area contributed by atoms with Gasteiger partial charge in [-0.3, -0.25) is 14.2 Å². The maximum absolute atomic E-state index is 12.1. The molecule has 0 aliphatic heterocycles. The van der Waals surface area contributed by atoms with Gasteiger partial charge in [-0.25, -0.2) is 4.79 Å². The predicted octanol–water partition coefficient (Wildman–Crippen LogP) is 2.63. The van der Waals surface area contributed by atoms with Crippen molar-refractivity contribution in [1.82, 2.24) is 9.88 Å². The van der Waals surface area contributed by atoms with E-state index in [4.69, 9.17) is 9.15 Å². The number of benzene rings is 2. The van der Waals surface area contributed by atoms with Crippen LogP contribution < -0.4 is 11.1 Å². The summed E-state index contributed by atoms with van der Waals surface area (Å²) in [7, 11) is 0. The van der Waals surface area contributed by atoms with Crippen molar-refractivity contribution < 1.29 is 18.7 Å². The number of hydrogen-bond acceptors (Lipinski definition) is 5. The molecule has 0 aliphatic rings. The van der Waals surface area contributed by atoms with Crippen LogP contribution in [-0.4, -0.2) is 23.1 Å². The number of aryl methyl sites for hydroxylation is 2. The smallest absolute Gasteiger partial charge is 0.420 e. The van der Waals surface area contributed by atoms with Crippen LogP contribution >= 0.6 is 0 Å². The van der Waals surface area contributed by atoms with Crippen LogP contribution in [0.2, 0.25) is 0 Å². The molecule has 3 rings (SSSR count). The van der Waals surface area contributed by atoms with Gasteiger partial charge in [-0.2, -0.15) is 0 Å². The Morgan fingerprint density at radius 1 is 1.14 bits per heavy atom. The SMILES string of the molecule is Cc1ccc([C@@H](C)NC(=O)COC(=O)Cn2c(=O)oc3ccccc32)cc1C. The van der Waals surface area contributed by atoms with Crippen molar-refractivity contribution in [1.29, 1.82) is 0 Å². The van der Waals surface area contributed by atoms with E-state index in [1.165, 1.54) is 10.1 Å². The molecule has 146 valence electrons. The highest BCUT2D eigenvalue weighted by Crippen LogP contribution is 2.16. The van der Waals surface area contributed by atoms with Crippen molar-refractivity contribution in [2.24, 2.45) is 0 Å². The molecular formula is C21H22N2O5. The number of oxazole rings is 1. The fourth-order valence-electron chi connectivity index (χ4n) is 2.88. The molecule has 0 bridgehead atoms. The van der Waals surface area contributed by atoms with Gasteiger partial charge < -0.3 is 14.5 Å². The van der Waals surface area contributed by atoms with Gasteiger partial charge in [-0.1, -0.05) is 30.3 Å². The summed E-state index contributed by atoms with van der Waals surface area (Å²) in [5.74, 6) is -1.75. The van der Waals surface area contributed by atoms with E-state index >= 15 is 0 Å². The Morgan fingerprint density at radius 2 is 1.89 bits per heavy atom. The molecule has 1 amide bonds. The molecule has 0 fully saturated rings. The Morgan fingerprint density at radius 3 is 2.64 bits per heavy atom. The second-order valence-electron chi connectivity index (χ2n) is 6.72. The van der Waals surface area contributed by atoms with Crippen molar-refractivity contribution in [2.45, 2.75) is 33.4 Å². The zero-order chi connectivity index (χ0) is 20.3. The van der Waals surface area contributed by atoms with E-state index in [9.17, 15) is 14.4 Å². The third-order valence-electron chi connectivity index (χ3n) is 4.63. The molecule has 7 nitrogen and oxygen atoms in total. The Balaban J connectivity index is 1.55. The number of aromatic nitrogens is 1. The molecule has 1 atom stereocenters. The number of carbonyl (C=O) groups is 2. The van der Waals surface area contributed by atoms with E-state index in [1.807, 2.05) is 39.0 Å². The monoisotopic (exact) mass is 382 g/mol. The van der Waals surface area contributed by atoms with Gasteiger partial charge in [0.05, 0.1) is 11.6 Å². The summed E-state index contributed by atoms with van der Waals surface area (Å²) in [4.78, 5) is 36.0. The van der Waals surface area contributed by atoms with Crippen molar-refractivity contribution in [2.75, 3.05) is 6.61 Å². The van der Waals surface area contributed by atoms with Crippen LogP contribution in [0.5, 0.6) is 0 Å². The molecule has 0 saturated heterocycles. The lowest BCUT2D eigenvalue weighted by Crippen LogP contribution is -2.32. The minimum atomic E-state index is -0.692. The van der Waals surface area contributed by atoms with Crippen LogP contribution in [0.1, 0.15) is 29.7 Å². The van der Waals surface area contributed by atoms with Crippen molar-refractivity contribution in [3.63, 3.8) is 0 Å². The van der Waals surface area contributed by atoms with Gasteiger partial charge in [0.1, 0.15) is 6.54 Å². The Kier molecular flexibility index (Phi) is 5.63. The van der Waals surface area contributed by atoms with Gasteiger partial charge in [-0.15, -0.1) is 0 Å². The van der Waals surface area contributed by atoms with E-state index in [-0.39, 0.29) is 12.6 Å². The minimum Gasteiger partial charge on any atom is -0.454 e. The van der Waals surface area contributed by atoms with Gasteiger partial charge in [0.15, 0.2) is 12.2 Å². The number of esters is 1. The Labute approximate surface area is 161 Å². The normalized spacial score (nSPS) is 12.0. The van der Waals surface area contributed by atoms with Gasteiger partial charge >= 0.3 is 11.7 Å². The first-order valence-electron chi connectivity index (χ1n) is 8.95. The minimum absolute atomic E-state index is 0.217. The molecule has 0 unspecified atom stereocenters. The summed E-state index contributed by atoms with van der Waals surface area (Å²) < 4.78 is 11.2. The number of rotatable bonds is 6. The largest absolute Gasteiger partial charge is 0.454 e. The summed E-state index contributed by atoms with van der Waals surface area (Å²) >= 11 is 0. The van der Waals surface area contributed by atoms with Gasteiger partial charge in [-0.05, 0) is 49.6 Å². The Hall–Kier alpha value is -3.35. The third kappa shape index (κ3) is 4.31. The molecule has 1 aromatic heterocycles. The summed E-state index contributed by atoms with van der Waals surface area (Å²) in [5.41, 5.74) is 4.18. The molecule has 28 heavy (non-hydrogen) atoms. The second-order valence-corrected chi connectivity index (χ2v) is 6.72. The van der Waals surface area contributed by atoms with Crippen LogP contribution in [-0.2, 0) is 20.9 Å². The number of nitrogens with zero attached hydrogens (tertiary/aromatic N) is 1. The molecule has 0 saturated carbocycles. The van der Waals surface area contributed by atoms with E-state index < -0.39 is 24.2 Å². The zero-order valence-corrected chi connectivity index (χ0v) is 16.0. The molecule has 0 spiro atoms. The predicted molar refractivity (Wildman–Crippen MR) is 104 cm³/mol. The van der Waals surface area contributed by atoms with Crippen LogP contribution in [0.4, 0.5) is 0 Å². The van der Waals surface area contributed by atoms with Gasteiger partial charge in [0.25, 0.3) is 5.91 Å². The molecule has 1 heterocycles. The molecule has 2 aromatic carbocycles. The quantitative estimate of drug-likeness (QED) is 0.662. The summed E-state index contributed by atoms with van der Waals surface area (Å²) in [6.45, 7) is 5.16. The zero-order valence-electron chi connectivity index (χ0n) is 16.0. The lowest BCUT2D eigenvalue weighted by atomic mass is 10.0. The molecule has 3 aromatic rings. The van der Waals surface area contributed by atoms with Crippen LogP contribution in [0.15, 0.2) is 51.7 Å². The number of para-hydroxylation sites is 2. The maximum Gasteiger partial charge on any atom is 0.420 e. The topological polar surface area (TPSA) is 90.5 Å². The summed E-state index contributed by atoms with van der Waals surface area (Å²) in [5, 5.41) is 2.79. The summed E-state index contributed by atoms with van der Waals surface area (Å²) in [6.07, 6.45) is 0. The average molecular weight is 382 g/mol. The number of ether oxygens (including phenoxy) is 1. The maximum atomic E-state index is 12.1. The lowest BCUT2D eigenvalue weighted by molar-refractivity contribution is -0.149. The van der Waals surface area contributed by atoms with E-state index in [2.05, 4.69) is 5.32 Å². The van der Waals surface area contributed by atoms with Crippen LogP contribution in [0, 0.1) is 13.8 Å². The highest BCUT2D eigenvalue weighted by molar-refractivity contribution is 5.81. The van der Waals surface area contributed by atoms with E-state index in [0.717, 1.165) is 11.1 Å². The Bertz CT molecular complexity index is 1080. The van der Waals surface area contributed by atoms with E-state index in [0.29, 0.717) is 11.1 Å². The van der Waals surface area contributed by atoms with Crippen LogP contribution in [0.25, 0.3) is 11.1 Å². The number of nitrogens with one attached hydrogen (secondary N) is 1. The summed E-state index contributed by atoms with van der Waals surface area (Å²) in [6, 6.07) is 12.5. The number of fused-ring (bicyclic) bond motifs is 1. The third-order valence-corrected chi connectivity index (χ3v) is 4.63. The first-order valence-corrected chi connectivity index (χ1v) is 8.95. The second kappa shape index (κ2) is 8.12. The fourth-order valence-corrected chi connectivity index (χ4v) is 2.88. The molecule has 1 N–H and O–H groups in total. The van der Waals surface area contributed by atoms with E-state index in [1.54, 1.807) is 24.3 Å².